The summed E-state index contributed by atoms with van der Waals surface area (Å²) < 4.78 is 12.3. The maximum atomic E-state index is 6.10. The van der Waals surface area contributed by atoms with Gasteiger partial charge in [0.2, 0.25) is 0 Å². The highest BCUT2D eigenvalue weighted by Crippen LogP contribution is 2.29. The molecule has 3 aromatic rings. The molecule has 25 heavy (non-hydrogen) atoms. The molecule has 0 amide bonds. The van der Waals surface area contributed by atoms with Crippen LogP contribution in [0.2, 0.25) is 5.15 Å². The molecule has 2 N–H and O–H groups in total. The molecule has 0 aliphatic heterocycles. The number of benzene rings is 1. The Morgan fingerprint density at radius 1 is 1.36 bits per heavy atom. The second kappa shape index (κ2) is 7.68. The topological polar surface area (TPSA) is 72.2 Å². The van der Waals surface area contributed by atoms with E-state index >= 15 is 0 Å². The van der Waals surface area contributed by atoms with Crippen molar-refractivity contribution >= 4 is 57.1 Å². The number of nitrogens with one attached hydrogen (secondary N) is 2. The summed E-state index contributed by atoms with van der Waals surface area (Å²) >= 11 is 12.8. The van der Waals surface area contributed by atoms with Crippen LogP contribution in [0.1, 0.15) is 5.69 Å². The summed E-state index contributed by atoms with van der Waals surface area (Å²) in [5.41, 5.74) is 4.16. The van der Waals surface area contributed by atoms with Crippen LogP contribution >= 0.6 is 35.2 Å². The molecule has 0 radical (unpaired) electrons. The molecule has 0 spiro atoms. The number of anilines is 1. The van der Waals surface area contributed by atoms with Gasteiger partial charge < -0.3 is 14.8 Å². The number of hydrazone groups is 1. The van der Waals surface area contributed by atoms with Gasteiger partial charge in [-0.05, 0) is 24.4 Å². The number of fused-ring (bicyclic) bond motifs is 1. The number of hydrogen-bond donors (Lipinski definition) is 2. The van der Waals surface area contributed by atoms with Crippen molar-refractivity contribution in [2.45, 2.75) is 0 Å². The SMILES string of the molecule is COc1ccc(NC(=S)N/N=C\c2c(Cl)nc3sccn23)cc1OC. The largest absolute Gasteiger partial charge is 0.493 e. The van der Waals surface area contributed by atoms with E-state index in [4.69, 9.17) is 33.3 Å². The molecule has 0 aliphatic rings. The molecule has 1 aromatic carbocycles. The van der Waals surface area contributed by atoms with E-state index in [1.807, 2.05) is 22.0 Å². The summed E-state index contributed by atoms with van der Waals surface area (Å²) in [4.78, 5) is 5.03. The van der Waals surface area contributed by atoms with E-state index in [1.54, 1.807) is 32.6 Å². The fourth-order valence-corrected chi connectivity index (χ4v) is 3.28. The molecule has 2 heterocycles. The summed E-state index contributed by atoms with van der Waals surface area (Å²) in [5.74, 6) is 1.24. The average molecular weight is 396 g/mol. The third-order valence-corrected chi connectivity index (χ3v) is 4.48. The Balaban J connectivity index is 1.65. The number of imidazole rings is 1. The number of hydrogen-bond acceptors (Lipinski definition) is 6. The number of aromatic nitrogens is 2. The third-order valence-electron chi connectivity index (χ3n) is 3.25. The molecule has 0 atom stereocenters. The van der Waals surface area contributed by atoms with Crippen LogP contribution in [0.25, 0.3) is 4.96 Å². The first-order valence-corrected chi connectivity index (χ1v) is 8.72. The van der Waals surface area contributed by atoms with Crippen LogP contribution < -0.4 is 20.2 Å². The average Bonchev–Trinajstić information content (AvgIpc) is 3.16. The van der Waals surface area contributed by atoms with Crippen molar-refractivity contribution in [3.05, 3.63) is 40.6 Å². The molecule has 0 bridgehead atoms. The molecule has 0 saturated carbocycles. The van der Waals surface area contributed by atoms with Gasteiger partial charge in [-0.25, -0.2) is 4.98 Å². The zero-order valence-corrected chi connectivity index (χ0v) is 15.7. The quantitative estimate of drug-likeness (QED) is 0.392. The summed E-state index contributed by atoms with van der Waals surface area (Å²) in [7, 11) is 3.15. The zero-order valence-electron chi connectivity index (χ0n) is 13.3. The number of methoxy groups -OCH3 is 2. The highest BCUT2D eigenvalue weighted by Gasteiger charge is 2.09. The zero-order chi connectivity index (χ0) is 17.8. The van der Waals surface area contributed by atoms with Gasteiger partial charge in [0.25, 0.3) is 0 Å². The molecular weight excluding hydrogens is 382 g/mol. The van der Waals surface area contributed by atoms with Crippen LogP contribution in [0.3, 0.4) is 0 Å². The molecule has 0 saturated heterocycles. The predicted octanol–water partition coefficient (Wildman–Crippen LogP) is 3.39. The first-order chi connectivity index (χ1) is 12.1. The second-order valence-electron chi connectivity index (χ2n) is 4.74. The van der Waals surface area contributed by atoms with Crippen LogP contribution in [0.5, 0.6) is 11.5 Å². The van der Waals surface area contributed by atoms with Crippen LogP contribution in [-0.2, 0) is 0 Å². The van der Waals surface area contributed by atoms with Crippen molar-refractivity contribution in [3.8, 4) is 11.5 Å². The molecular formula is C15H14ClN5O2S2. The van der Waals surface area contributed by atoms with Crippen molar-refractivity contribution in [3.63, 3.8) is 0 Å². The standard InChI is InChI=1S/C15H14ClN5O2S2/c1-22-11-4-3-9(7-12(11)23-2)18-14(24)20-17-8-10-13(16)19-15-21(10)5-6-25-15/h3-8H,1-2H3,(H2,18,20,24)/b17-8-. The van der Waals surface area contributed by atoms with Gasteiger partial charge in [-0.1, -0.05) is 11.6 Å². The first kappa shape index (κ1) is 17.5. The fraction of sp³-hybridized carbons (Fsp3) is 0.133. The minimum atomic E-state index is 0.325. The van der Waals surface area contributed by atoms with Crippen molar-refractivity contribution in [1.29, 1.82) is 0 Å². The Bertz CT molecular complexity index is 937. The van der Waals surface area contributed by atoms with Crippen molar-refractivity contribution in [1.82, 2.24) is 14.8 Å². The maximum Gasteiger partial charge on any atom is 0.195 e. The number of halogens is 1. The summed E-state index contributed by atoms with van der Waals surface area (Å²) in [6, 6.07) is 5.38. The normalized spacial score (nSPS) is 11.0. The molecule has 7 nitrogen and oxygen atoms in total. The lowest BCUT2D eigenvalue weighted by Gasteiger charge is -2.11. The molecule has 3 rings (SSSR count). The van der Waals surface area contributed by atoms with Crippen LogP contribution in [0.15, 0.2) is 34.9 Å². The second-order valence-corrected chi connectivity index (χ2v) is 6.38. The third kappa shape index (κ3) is 3.84. The van der Waals surface area contributed by atoms with E-state index in [0.717, 1.165) is 10.6 Å². The number of nitrogens with zero attached hydrogens (tertiary/aromatic N) is 3. The monoisotopic (exact) mass is 395 g/mol. The lowest BCUT2D eigenvalue weighted by molar-refractivity contribution is 0.355. The van der Waals surface area contributed by atoms with Crippen molar-refractivity contribution in [2.24, 2.45) is 5.10 Å². The minimum Gasteiger partial charge on any atom is -0.493 e. The number of rotatable bonds is 5. The van der Waals surface area contributed by atoms with Gasteiger partial charge in [0, 0.05) is 23.3 Å². The Hall–Kier alpha value is -2.36. The Morgan fingerprint density at radius 3 is 2.92 bits per heavy atom. The molecule has 0 fully saturated rings. The lowest BCUT2D eigenvalue weighted by Crippen LogP contribution is -2.23. The van der Waals surface area contributed by atoms with Crippen LogP contribution in [0.4, 0.5) is 5.69 Å². The van der Waals surface area contributed by atoms with Gasteiger partial charge in [0.15, 0.2) is 26.7 Å². The number of thiocarbonyl (C=S) groups is 1. The molecule has 2 aromatic heterocycles. The predicted molar refractivity (Wildman–Crippen MR) is 105 cm³/mol. The highest BCUT2D eigenvalue weighted by atomic mass is 35.5. The maximum absolute atomic E-state index is 6.10. The van der Waals surface area contributed by atoms with Gasteiger partial charge >= 0.3 is 0 Å². The summed E-state index contributed by atoms with van der Waals surface area (Å²) in [6.07, 6.45) is 3.44. The fourth-order valence-electron chi connectivity index (χ4n) is 2.12. The van der Waals surface area contributed by atoms with Gasteiger partial charge in [-0.15, -0.1) is 11.3 Å². The van der Waals surface area contributed by atoms with Gasteiger partial charge in [-0.2, -0.15) is 5.10 Å². The van der Waals surface area contributed by atoms with E-state index in [1.165, 1.54) is 11.3 Å². The summed E-state index contributed by atoms with van der Waals surface area (Å²) in [6.45, 7) is 0. The Kier molecular flexibility index (Phi) is 5.37. The van der Waals surface area contributed by atoms with Crippen molar-refractivity contribution < 1.29 is 9.47 Å². The van der Waals surface area contributed by atoms with E-state index in [9.17, 15) is 0 Å². The van der Waals surface area contributed by atoms with E-state index < -0.39 is 0 Å². The van der Waals surface area contributed by atoms with Crippen molar-refractivity contribution in [2.75, 3.05) is 19.5 Å². The lowest BCUT2D eigenvalue weighted by atomic mass is 10.3. The van der Waals surface area contributed by atoms with E-state index in [-0.39, 0.29) is 0 Å². The Morgan fingerprint density at radius 2 is 2.16 bits per heavy atom. The molecule has 130 valence electrons. The van der Waals surface area contributed by atoms with E-state index in [0.29, 0.717) is 27.5 Å². The first-order valence-electron chi connectivity index (χ1n) is 7.05. The van der Waals surface area contributed by atoms with Crippen LogP contribution in [-0.4, -0.2) is 34.9 Å². The smallest absolute Gasteiger partial charge is 0.195 e. The molecule has 0 unspecified atom stereocenters. The molecule has 10 heteroatoms. The van der Waals surface area contributed by atoms with Gasteiger partial charge in [0.1, 0.15) is 5.69 Å². The Labute approximate surface area is 158 Å². The highest BCUT2D eigenvalue weighted by molar-refractivity contribution is 7.80. The minimum absolute atomic E-state index is 0.325. The number of ether oxygens (including phenoxy) is 2. The van der Waals surface area contributed by atoms with Gasteiger partial charge in [0.05, 0.1) is 20.4 Å². The summed E-state index contributed by atoms with van der Waals surface area (Å²) in [5, 5.41) is 9.75. The molecule has 0 aliphatic carbocycles. The van der Waals surface area contributed by atoms with Crippen LogP contribution in [0, 0.1) is 0 Å². The van der Waals surface area contributed by atoms with Gasteiger partial charge in [-0.3, -0.25) is 9.83 Å². The number of thiazole rings is 1. The van der Waals surface area contributed by atoms with E-state index in [2.05, 4.69) is 20.8 Å².